The van der Waals surface area contributed by atoms with E-state index in [1.807, 2.05) is 24.5 Å². The smallest absolute Gasteiger partial charge is 0.116 e. The van der Waals surface area contributed by atoms with Crippen LogP contribution in [0, 0.1) is 0 Å². The molecule has 0 aliphatic carbocycles. The molecule has 126 valence electrons. The lowest BCUT2D eigenvalue weighted by Gasteiger charge is -2.13. The van der Waals surface area contributed by atoms with Crippen molar-refractivity contribution in [2.75, 3.05) is 0 Å². The highest BCUT2D eigenvalue weighted by Gasteiger charge is 2.11. The highest BCUT2D eigenvalue weighted by Crippen LogP contribution is 2.39. The summed E-state index contributed by atoms with van der Waals surface area (Å²) in [4.78, 5) is 4.29. The van der Waals surface area contributed by atoms with E-state index in [2.05, 4.69) is 59.6 Å². The number of benzene rings is 5. The maximum absolute atomic E-state index is 9.92. The number of hydrogen-bond donors (Lipinski definition) is 1. The molecular weight excluding hydrogens is 330 g/mol. The van der Waals surface area contributed by atoms with Crippen molar-refractivity contribution in [2.45, 2.75) is 0 Å². The van der Waals surface area contributed by atoms with Gasteiger partial charge in [0.15, 0.2) is 0 Å². The van der Waals surface area contributed by atoms with E-state index in [1.165, 1.54) is 37.7 Å². The van der Waals surface area contributed by atoms with Crippen LogP contribution in [0.5, 0.6) is 5.75 Å². The van der Waals surface area contributed by atoms with Crippen LogP contribution in [-0.2, 0) is 0 Å². The molecule has 6 aromatic rings. The first-order valence-electron chi connectivity index (χ1n) is 9.03. The van der Waals surface area contributed by atoms with Crippen molar-refractivity contribution >= 4 is 53.9 Å². The molecule has 0 aliphatic heterocycles. The van der Waals surface area contributed by atoms with Crippen molar-refractivity contribution in [3.8, 4) is 5.75 Å². The van der Waals surface area contributed by atoms with Crippen molar-refractivity contribution in [3.63, 3.8) is 0 Å². The average molecular weight is 345 g/mol. The fraction of sp³-hybridized carbons (Fsp3) is 0. The quantitative estimate of drug-likeness (QED) is 0.317. The first-order valence-corrected chi connectivity index (χ1v) is 9.03. The molecule has 1 aromatic heterocycles. The van der Waals surface area contributed by atoms with Gasteiger partial charge in [0.1, 0.15) is 5.75 Å². The molecule has 0 amide bonds. The predicted octanol–water partition coefficient (Wildman–Crippen LogP) is 6.55. The highest BCUT2D eigenvalue weighted by atomic mass is 16.3. The van der Waals surface area contributed by atoms with E-state index in [0.29, 0.717) is 5.75 Å². The van der Waals surface area contributed by atoms with Gasteiger partial charge in [-0.1, -0.05) is 54.6 Å². The van der Waals surface area contributed by atoms with Crippen molar-refractivity contribution in [3.05, 3.63) is 85.2 Å². The summed E-state index contributed by atoms with van der Waals surface area (Å²) in [6, 6.07) is 25.0. The third-order valence-corrected chi connectivity index (χ3v) is 5.56. The Balaban J connectivity index is 2.00. The zero-order valence-electron chi connectivity index (χ0n) is 14.5. The molecule has 0 fully saturated rings. The molecule has 0 unspecified atom stereocenters. The summed E-state index contributed by atoms with van der Waals surface area (Å²) in [5.41, 5.74) is 0. The zero-order chi connectivity index (χ0) is 18.0. The van der Waals surface area contributed by atoms with Gasteiger partial charge in [0.2, 0.25) is 0 Å². The predicted molar refractivity (Wildman–Crippen MR) is 113 cm³/mol. The molecular formula is C25H15NO. The number of hydrogen-bond acceptors (Lipinski definition) is 2. The summed E-state index contributed by atoms with van der Waals surface area (Å²) in [7, 11) is 0. The van der Waals surface area contributed by atoms with E-state index in [-0.39, 0.29) is 0 Å². The fourth-order valence-corrected chi connectivity index (χ4v) is 4.35. The van der Waals surface area contributed by atoms with Gasteiger partial charge >= 0.3 is 0 Å². The van der Waals surface area contributed by atoms with Crippen molar-refractivity contribution < 1.29 is 5.11 Å². The summed E-state index contributed by atoms with van der Waals surface area (Å²) in [5.74, 6) is 0.295. The number of rotatable bonds is 0. The second kappa shape index (κ2) is 5.18. The van der Waals surface area contributed by atoms with Gasteiger partial charge in [-0.15, -0.1) is 0 Å². The number of aromatic nitrogens is 1. The maximum Gasteiger partial charge on any atom is 0.116 e. The van der Waals surface area contributed by atoms with Gasteiger partial charge in [-0.2, -0.15) is 0 Å². The lowest BCUT2D eigenvalue weighted by atomic mass is 9.91. The zero-order valence-corrected chi connectivity index (χ0v) is 14.5. The third kappa shape index (κ3) is 1.98. The number of phenols is 1. The minimum absolute atomic E-state index is 0.295. The Kier molecular flexibility index (Phi) is 2.78. The van der Waals surface area contributed by atoms with Crippen LogP contribution < -0.4 is 0 Å². The first-order chi connectivity index (χ1) is 13.3. The van der Waals surface area contributed by atoms with E-state index in [0.717, 1.165) is 16.2 Å². The molecule has 0 radical (unpaired) electrons. The Bertz CT molecular complexity index is 1520. The molecule has 27 heavy (non-hydrogen) atoms. The van der Waals surface area contributed by atoms with Crippen LogP contribution in [-0.4, -0.2) is 10.1 Å². The Morgan fingerprint density at radius 3 is 1.78 bits per heavy atom. The van der Waals surface area contributed by atoms with Gasteiger partial charge in [0, 0.05) is 17.8 Å². The molecule has 5 aromatic carbocycles. The topological polar surface area (TPSA) is 33.1 Å². The van der Waals surface area contributed by atoms with E-state index in [9.17, 15) is 5.11 Å². The highest BCUT2D eigenvalue weighted by molar-refractivity contribution is 6.31. The largest absolute Gasteiger partial charge is 0.508 e. The second-order valence-electron chi connectivity index (χ2n) is 7.06. The van der Waals surface area contributed by atoms with Crippen LogP contribution in [0.15, 0.2) is 85.2 Å². The monoisotopic (exact) mass is 345 g/mol. The Morgan fingerprint density at radius 1 is 0.519 bits per heavy atom. The van der Waals surface area contributed by atoms with Crippen LogP contribution in [0.25, 0.3) is 53.9 Å². The first kappa shape index (κ1) is 14.5. The van der Waals surface area contributed by atoms with Crippen molar-refractivity contribution in [1.82, 2.24) is 4.98 Å². The molecule has 0 aliphatic rings. The summed E-state index contributed by atoms with van der Waals surface area (Å²) in [6.45, 7) is 0. The van der Waals surface area contributed by atoms with Crippen LogP contribution in [0.2, 0.25) is 0 Å². The van der Waals surface area contributed by atoms with Gasteiger partial charge in [-0.3, -0.25) is 4.98 Å². The average Bonchev–Trinajstić information content (AvgIpc) is 2.72. The van der Waals surface area contributed by atoms with Crippen molar-refractivity contribution in [2.24, 2.45) is 0 Å². The van der Waals surface area contributed by atoms with Crippen LogP contribution in [0.4, 0.5) is 0 Å². The van der Waals surface area contributed by atoms with Crippen LogP contribution >= 0.6 is 0 Å². The number of pyridine rings is 1. The fourth-order valence-electron chi connectivity index (χ4n) is 4.35. The lowest BCUT2D eigenvalue weighted by Crippen LogP contribution is -1.85. The van der Waals surface area contributed by atoms with E-state index < -0.39 is 0 Å². The number of fused-ring (bicyclic) bond motifs is 9. The molecule has 0 bridgehead atoms. The van der Waals surface area contributed by atoms with Gasteiger partial charge in [-0.25, -0.2) is 0 Å². The van der Waals surface area contributed by atoms with Crippen LogP contribution in [0.1, 0.15) is 0 Å². The van der Waals surface area contributed by atoms with E-state index in [1.54, 1.807) is 6.07 Å². The summed E-state index contributed by atoms with van der Waals surface area (Å²) < 4.78 is 0. The molecule has 0 spiro atoms. The minimum atomic E-state index is 0.295. The summed E-state index contributed by atoms with van der Waals surface area (Å²) in [5, 5.41) is 21.9. The van der Waals surface area contributed by atoms with Crippen molar-refractivity contribution in [1.29, 1.82) is 0 Å². The molecule has 0 saturated carbocycles. The van der Waals surface area contributed by atoms with Gasteiger partial charge in [0.25, 0.3) is 0 Å². The Morgan fingerprint density at radius 2 is 1.07 bits per heavy atom. The Labute approximate surface area is 155 Å². The molecule has 1 heterocycles. The molecule has 2 nitrogen and oxygen atoms in total. The van der Waals surface area contributed by atoms with Gasteiger partial charge in [-0.05, 0) is 66.7 Å². The SMILES string of the molecule is Oc1ccc2c(ccc3ccc4ccc5ccc6cnccc6c5c4c32)c1. The van der Waals surface area contributed by atoms with Gasteiger partial charge < -0.3 is 5.11 Å². The van der Waals surface area contributed by atoms with E-state index >= 15 is 0 Å². The minimum Gasteiger partial charge on any atom is -0.508 e. The standard InChI is InChI=1S/C25H15NO/c27-20-9-10-21-18(13-20)7-5-15-1-3-17-4-2-16-6-8-19-14-26-12-11-22(19)24(16)25(17)23(15)21/h1-14,27H. The number of phenolic OH excluding ortho intramolecular Hbond substituents is 1. The van der Waals surface area contributed by atoms with Gasteiger partial charge in [0.05, 0.1) is 0 Å². The Hall–Kier alpha value is -3.65. The van der Waals surface area contributed by atoms with E-state index in [4.69, 9.17) is 0 Å². The number of aromatic hydroxyl groups is 1. The molecule has 2 heteroatoms. The second-order valence-corrected chi connectivity index (χ2v) is 7.06. The maximum atomic E-state index is 9.92. The number of nitrogens with zero attached hydrogens (tertiary/aromatic N) is 1. The molecule has 0 atom stereocenters. The molecule has 6 rings (SSSR count). The molecule has 1 N–H and O–H groups in total. The molecule has 0 saturated heterocycles. The lowest BCUT2D eigenvalue weighted by molar-refractivity contribution is 0.476. The summed E-state index contributed by atoms with van der Waals surface area (Å²) >= 11 is 0. The summed E-state index contributed by atoms with van der Waals surface area (Å²) in [6.07, 6.45) is 3.79. The normalized spacial score (nSPS) is 11.9. The van der Waals surface area contributed by atoms with Crippen LogP contribution in [0.3, 0.4) is 0 Å². The third-order valence-electron chi connectivity index (χ3n) is 5.56.